The highest BCUT2D eigenvalue weighted by Gasteiger charge is 2.17. The van der Waals surface area contributed by atoms with E-state index in [0.29, 0.717) is 28.7 Å². The first kappa shape index (κ1) is 15.8. The number of H-pyrrole nitrogens is 1. The number of fused-ring (bicyclic) bond motifs is 1. The van der Waals surface area contributed by atoms with E-state index in [9.17, 15) is 4.79 Å². The predicted molar refractivity (Wildman–Crippen MR) is 94.9 cm³/mol. The van der Waals surface area contributed by atoms with Crippen LogP contribution in [0.5, 0.6) is 0 Å². The first-order chi connectivity index (χ1) is 12.6. The van der Waals surface area contributed by atoms with E-state index >= 15 is 0 Å². The summed E-state index contributed by atoms with van der Waals surface area (Å²) in [5.41, 5.74) is 2.65. The van der Waals surface area contributed by atoms with Crippen LogP contribution >= 0.6 is 0 Å². The Bertz CT molecular complexity index is 1030. The van der Waals surface area contributed by atoms with Gasteiger partial charge in [0, 0.05) is 20.3 Å². The van der Waals surface area contributed by atoms with Gasteiger partial charge in [-0.2, -0.15) is 0 Å². The molecule has 0 aliphatic carbocycles. The number of hydrogen-bond donors (Lipinski definition) is 2. The van der Waals surface area contributed by atoms with Crippen LogP contribution < -0.4 is 5.32 Å². The molecule has 130 valence electrons. The summed E-state index contributed by atoms with van der Waals surface area (Å²) in [7, 11) is 3.38. The Morgan fingerprint density at radius 3 is 2.73 bits per heavy atom. The number of nitrogens with one attached hydrogen (secondary N) is 2. The van der Waals surface area contributed by atoms with E-state index < -0.39 is 0 Å². The highest BCUT2D eigenvalue weighted by Crippen LogP contribution is 2.26. The fraction of sp³-hybridized carbons (Fsp3) is 0.118. The smallest absolute Gasteiger partial charge is 0.254 e. The summed E-state index contributed by atoms with van der Waals surface area (Å²) in [6.45, 7) is 0. The van der Waals surface area contributed by atoms with E-state index in [1.807, 2.05) is 24.3 Å². The van der Waals surface area contributed by atoms with Crippen molar-refractivity contribution in [1.29, 1.82) is 0 Å². The van der Waals surface area contributed by atoms with E-state index in [1.165, 1.54) is 11.1 Å². The Balaban J connectivity index is 1.60. The van der Waals surface area contributed by atoms with Crippen molar-refractivity contribution >= 4 is 28.6 Å². The van der Waals surface area contributed by atoms with Gasteiger partial charge in [-0.05, 0) is 34.6 Å². The van der Waals surface area contributed by atoms with Crippen LogP contribution in [0.15, 0.2) is 47.2 Å². The van der Waals surface area contributed by atoms with Crippen molar-refractivity contribution in [3.63, 3.8) is 0 Å². The summed E-state index contributed by atoms with van der Waals surface area (Å²) in [6.07, 6.45) is 1.50. The minimum atomic E-state index is -0.116. The molecule has 0 saturated heterocycles. The summed E-state index contributed by atoms with van der Waals surface area (Å²) < 4.78 is 4.85. The van der Waals surface area contributed by atoms with Gasteiger partial charge in [-0.15, -0.1) is 0 Å². The van der Waals surface area contributed by atoms with Gasteiger partial charge in [0.25, 0.3) is 5.91 Å². The number of anilines is 2. The molecular formula is C17H15N7O2. The maximum absolute atomic E-state index is 11.9. The maximum Gasteiger partial charge on any atom is 0.254 e. The highest BCUT2D eigenvalue weighted by molar-refractivity contribution is 5.93. The first-order valence-electron chi connectivity index (χ1n) is 7.84. The van der Waals surface area contributed by atoms with Crippen LogP contribution in [-0.2, 0) is 0 Å². The topological polar surface area (TPSA) is 113 Å². The molecule has 0 saturated carbocycles. The molecule has 0 radical (unpaired) electrons. The van der Waals surface area contributed by atoms with Crippen LogP contribution in [0.1, 0.15) is 10.4 Å². The van der Waals surface area contributed by atoms with Gasteiger partial charge >= 0.3 is 0 Å². The number of pyridine rings is 1. The molecule has 9 heteroatoms. The van der Waals surface area contributed by atoms with Gasteiger partial charge in [-0.1, -0.05) is 12.1 Å². The predicted octanol–water partition coefficient (Wildman–Crippen LogP) is 2.45. The minimum absolute atomic E-state index is 0.116. The van der Waals surface area contributed by atoms with Crippen molar-refractivity contribution in [1.82, 2.24) is 30.2 Å². The molecule has 26 heavy (non-hydrogen) atoms. The number of amides is 1. The minimum Gasteiger partial charge on any atom is -0.345 e. The number of aromatic nitrogens is 5. The van der Waals surface area contributed by atoms with Crippen molar-refractivity contribution in [2.24, 2.45) is 0 Å². The molecule has 9 nitrogen and oxygen atoms in total. The molecular weight excluding hydrogens is 334 g/mol. The average Bonchev–Trinajstić information content (AvgIpc) is 3.27. The second-order valence-corrected chi connectivity index (χ2v) is 5.82. The number of nitrogens with zero attached hydrogens (tertiary/aromatic N) is 5. The third kappa shape index (κ3) is 2.86. The monoisotopic (exact) mass is 349 g/mol. The number of carbonyl (C=O) groups is 1. The van der Waals surface area contributed by atoms with Crippen LogP contribution in [0.2, 0.25) is 0 Å². The standard InChI is InChI=1S/C17H15N7O2/c1-24(2)17(25)10-7-8-13(18-9-10)21-16-14(22-26-23-16)15-19-11-5-3-4-6-12(11)20-15/h3-9H,1-2H3,(H,19,20)(H,18,21,23). The van der Waals surface area contributed by atoms with Gasteiger partial charge in [-0.25, -0.2) is 14.6 Å². The molecule has 0 aliphatic rings. The molecule has 0 fully saturated rings. The van der Waals surface area contributed by atoms with Gasteiger partial charge in [0.2, 0.25) is 5.82 Å². The van der Waals surface area contributed by atoms with Crippen LogP contribution in [0.25, 0.3) is 22.6 Å². The molecule has 4 aromatic rings. The molecule has 0 aliphatic heterocycles. The summed E-state index contributed by atoms with van der Waals surface area (Å²) in [6, 6.07) is 11.0. The SMILES string of the molecule is CN(C)C(=O)c1ccc(Nc2nonc2-c2nc3ccccc3[nH]2)nc1. The lowest BCUT2D eigenvalue weighted by Crippen LogP contribution is -2.21. The molecule has 0 atom stereocenters. The second kappa shape index (κ2) is 6.28. The lowest BCUT2D eigenvalue weighted by Gasteiger charge is -2.10. The number of rotatable bonds is 4. The van der Waals surface area contributed by atoms with Gasteiger partial charge < -0.3 is 15.2 Å². The van der Waals surface area contributed by atoms with E-state index in [-0.39, 0.29) is 5.91 Å². The second-order valence-electron chi connectivity index (χ2n) is 5.82. The number of aromatic amines is 1. The van der Waals surface area contributed by atoms with Crippen molar-refractivity contribution in [2.75, 3.05) is 19.4 Å². The average molecular weight is 349 g/mol. The molecule has 1 aromatic carbocycles. The van der Waals surface area contributed by atoms with Gasteiger partial charge in [0.05, 0.1) is 16.6 Å². The van der Waals surface area contributed by atoms with Crippen LogP contribution in [0.3, 0.4) is 0 Å². The molecule has 2 N–H and O–H groups in total. The molecule has 3 heterocycles. The third-order valence-electron chi connectivity index (χ3n) is 3.77. The fourth-order valence-corrected chi connectivity index (χ4v) is 2.46. The number of imidazole rings is 1. The quantitative estimate of drug-likeness (QED) is 0.582. The third-order valence-corrected chi connectivity index (χ3v) is 3.77. The molecule has 0 bridgehead atoms. The van der Waals surface area contributed by atoms with E-state index in [1.54, 1.807) is 26.2 Å². The van der Waals surface area contributed by atoms with Crippen molar-refractivity contribution in [3.8, 4) is 11.5 Å². The molecule has 0 unspecified atom stereocenters. The zero-order valence-corrected chi connectivity index (χ0v) is 14.1. The summed E-state index contributed by atoms with van der Waals surface area (Å²) in [4.78, 5) is 25.3. The Kier molecular flexibility index (Phi) is 3.81. The Labute approximate surface area is 148 Å². The molecule has 1 amide bonds. The van der Waals surface area contributed by atoms with Crippen molar-refractivity contribution in [2.45, 2.75) is 0 Å². The largest absolute Gasteiger partial charge is 0.345 e. The lowest BCUT2D eigenvalue weighted by atomic mass is 10.2. The lowest BCUT2D eigenvalue weighted by molar-refractivity contribution is 0.0827. The fourth-order valence-electron chi connectivity index (χ4n) is 2.46. The van der Waals surface area contributed by atoms with Crippen LogP contribution in [0, 0.1) is 0 Å². The van der Waals surface area contributed by atoms with Crippen LogP contribution in [-0.4, -0.2) is 50.2 Å². The summed E-state index contributed by atoms with van der Waals surface area (Å²) >= 11 is 0. The van der Waals surface area contributed by atoms with Gasteiger partial charge in [0.1, 0.15) is 5.82 Å². The first-order valence-corrected chi connectivity index (χ1v) is 7.84. The molecule has 0 spiro atoms. The summed E-state index contributed by atoms with van der Waals surface area (Å²) in [5, 5.41) is 10.8. The highest BCUT2D eigenvalue weighted by atomic mass is 16.6. The van der Waals surface area contributed by atoms with E-state index in [2.05, 4.69) is 30.6 Å². The Morgan fingerprint density at radius 2 is 2.00 bits per heavy atom. The normalized spacial score (nSPS) is 10.8. The van der Waals surface area contributed by atoms with Crippen LogP contribution in [0.4, 0.5) is 11.6 Å². The van der Waals surface area contributed by atoms with E-state index in [0.717, 1.165) is 11.0 Å². The number of carbonyl (C=O) groups excluding carboxylic acids is 1. The maximum atomic E-state index is 11.9. The zero-order chi connectivity index (χ0) is 18.1. The zero-order valence-electron chi connectivity index (χ0n) is 14.1. The van der Waals surface area contributed by atoms with E-state index in [4.69, 9.17) is 4.63 Å². The van der Waals surface area contributed by atoms with Crippen molar-refractivity contribution < 1.29 is 9.42 Å². The number of para-hydroxylation sites is 2. The Hall–Kier alpha value is -3.75. The number of benzene rings is 1. The Morgan fingerprint density at radius 1 is 1.15 bits per heavy atom. The van der Waals surface area contributed by atoms with Crippen molar-refractivity contribution in [3.05, 3.63) is 48.2 Å². The van der Waals surface area contributed by atoms with Gasteiger partial charge in [-0.3, -0.25) is 4.79 Å². The summed E-state index contributed by atoms with van der Waals surface area (Å²) in [5.74, 6) is 1.31. The number of hydrogen-bond acceptors (Lipinski definition) is 7. The van der Waals surface area contributed by atoms with Gasteiger partial charge in [0.15, 0.2) is 11.5 Å². The molecule has 4 rings (SSSR count). The molecule has 3 aromatic heterocycles.